The molecule has 2 aliphatic rings. The van der Waals surface area contributed by atoms with Gasteiger partial charge in [0.15, 0.2) is 5.78 Å². The van der Waals surface area contributed by atoms with E-state index in [2.05, 4.69) is 34.4 Å². The van der Waals surface area contributed by atoms with Gasteiger partial charge >= 0.3 is 5.97 Å². The lowest BCUT2D eigenvalue weighted by Crippen LogP contribution is -2.34. The summed E-state index contributed by atoms with van der Waals surface area (Å²) < 4.78 is 5.21. The van der Waals surface area contributed by atoms with E-state index in [1.54, 1.807) is 6.92 Å². The molecule has 1 unspecified atom stereocenters. The van der Waals surface area contributed by atoms with Crippen LogP contribution < -0.4 is 16.4 Å². The number of nitrogens with one attached hydrogen (secondary N) is 4. The van der Waals surface area contributed by atoms with Crippen molar-refractivity contribution in [2.75, 3.05) is 33.4 Å². The Bertz CT molecular complexity index is 2140. The molecule has 14 heteroatoms. The maximum absolute atomic E-state index is 14.2. The van der Waals surface area contributed by atoms with Gasteiger partial charge in [0.1, 0.15) is 0 Å². The predicted molar refractivity (Wildman–Crippen MR) is 215 cm³/mol. The number of carbonyl (C=O) groups is 4. The number of carbonyl (C=O) groups excluding carboxylic acids is 4. The molecule has 3 aromatic heterocycles. The Morgan fingerprint density at radius 1 is 0.911 bits per heavy atom. The summed E-state index contributed by atoms with van der Waals surface area (Å²) in [5, 5.41) is 24.8. The van der Waals surface area contributed by atoms with Gasteiger partial charge in [-0.3, -0.25) is 29.1 Å². The molecule has 8 N–H and O–H groups in total. The molecular formula is C42H57N7O7. The average Bonchev–Trinajstić information content (AvgIpc) is 3.86. The first-order valence-electron chi connectivity index (χ1n) is 19.6. The van der Waals surface area contributed by atoms with Gasteiger partial charge < -0.3 is 41.3 Å². The van der Waals surface area contributed by atoms with Crippen molar-refractivity contribution in [3.8, 4) is 0 Å². The summed E-state index contributed by atoms with van der Waals surface area (Å²) in [5.41, 5.74) is 13.9. The number of aliphatic hydroxyl groups is 2. The predicted octanol–water partition coefficient (Wildman–Crippen LogP) is 4.75. The molecule has 0 saturated heterocycles. The molecule has 0 fully saturated rings. The number of ketones is 1. The van der Waals surface area contributed by atoms with Crippen molar-refractivity contribution in [2.45, 2.75) is 110 Å². The van der Waals surface area contributed by atoms with Crippen molar-refractivity contribution in [3.63, 3.8) is 0 Å². The number of rotatable bonds is 15. The average molecular weight is 772 g/mol. The van der Waals surface area contributed by atoms with Crippen molar-refractivity contribution in [1.29, 1.82) is 0 Å². The molecule has 302 valence electrons. The van der Waals surface area contributed by atoms with E-state index in [1.165, 1.54) is 7.11 Å². The van der Waals surface area contributed by atoms with E-state index in [-0.39, 0.29) is 54.7 Å². The number of hydrogen-bond acceptors (Lipinski definition) is 10. The molecular weight excluding hydrogens is 715 g/mol. The van der Waals surface area contributed by atoms with Crippen LogP contribution in [0.15, 0.2) is 18.2 Å². The number of fused-ring (bicyclic) bond motifs is 8. The van der Waals surface area contributed by atoms with E-state index in [0.717, 1.165) is 29.8 Å². The van der Waals surface area contributed by atoms with Crippen LogP contribution in [-0.4, -0.2) is 93.2 Å². The van der Waals surface area contributed by atoms with Crippen LogP contribution in [0.5, 0.6) is 0 Å². The number of aromatic amines is 2. The number of aliphatic hydroxyl groups excluding tert-OH is 2. The van der Waals surface area contributed by atoms with Crippen LogP contribution >= 0.6 is 0 Å². The molecule has 0 aromatic carbocycles. The van der Waals surface area contributed by atoms with Crippen molar-refractivity contribution in [2.24, 2.45) is 5.73 Å². The summed E-state index contributed by atoms with van der Waals surface area (Å²) >= 11 is 0. The highest BCUT2D eigenvalue weighted by atomic mass is 16.5. The van der Waals surface area contributed by atoms with E-state index in [4.69, 9.17) is 20.4 Å². The Morgan fingerprint density at radius 3 is 2.21 bits per heavy atom. The van der Waals surface area contributed by atoms with E-state index in [0.29, 0.717) is 81.6 Å². The van der Waals surface area contributed by atoms with Gasteiger partial charge in [0, 0.05) is 82.4 Å². The van der Waals surface area contributed by atoms with Crippen molar-refractivity contribution < 1.29 is 34.1 Å². The number of methoxy groups -OCH3 is 1. The number of esters is 1. The Hall–Kier alpha value is -4.92. The topological polar surface area (TPSA) is 225 Å². The molecule has 0 spiro atoms. The molecule has 56 heavy (non-hydrogen) atoms. The van der Waals surface area contributed by atoms with Crippen LogP contribution in [0.1, 0.15) is 144 Å². The monoisotopic (exact) mass is 771 g/mol. The number of aromatic nitrogens is 4. The largest absolute Gasteiger partial charge is 0.469 e. The third-order valence-electron chi connectivity index (χ3n) is 11.4. The van der Waals surface area contributed by atoms with Crippen LogP contribution in [0.2, 0.25) is 0 Å². The number of H-pyrrole nitrogens is 2. The van der Waals surface area contributed by atoms with Crippen LogP contribution in [0, 0.1) is 13.8 Å². The number of aryl methyl sites for hydroxylation is 2. The van der Waals surface area contributed by atoms with Gasteiger partial charge in [-0.15, -0.1) is 0 Å². The number of hydrogen-bond donors (Lipinski definition) is 7. The van der Waals surface area contributed by atoms with Gasteiger partial charge in [0.25, 0.3) is 5.91 Å². The lowest BCUT2D eigenvalue weighted by atomic mass is 9.85. The molecule has 3 aromatic rings. The number of nitrogens with zero attached hydrogens (tertiary/aromatic N) is 2. The highest BCUT2D eigenvalue weighted by Crippen LogP contribution is 2.43. The molecule has 5 atom stereocenters. The Kier molecular flexibility index (Phi) is 13.8. The normalized spacial score (nSPS) is 18.4. The zero-order valence-corrected chi connectivity index (χ0v) is 33.6. The van der Waals surface area contributed by atoms with Crippen LogP contribution in [0.3, 0.4) is 0 Å². The van der Waals surface area contributed by atoms with Crippen LogP contribution in [0.25, 0.3) is 22.1 Å². The zero-order chi connectivity index (χ0) is 40.8. The quantitative estimate of drug-likeness (QED) is 0.0638. The summed E-state index contributed by atoms with van der Waals surface area (Å²) in [6.07, 6.45) is 1.33. The summed E-state index contributed by atoms with van der Waals surface area (Å²) in [4.78, 5) is 71.0. The van der Waals surface area contributed by atoms with Crippen molar-refractivity contribution >= 4 is 45.6 Å². The first-order chi connectivity index (χ1) is 26.7. The minimum absolute atomic E-state index is 0.0418. The summed E-state index contributed by atoms with van der Waals surface area (Å²) in [6, 6.07) is 5.85. The summed E-state index contributed by atoms with van der Waals surface area (Å²) in [5.74, 6) is -1.81. The molecule has 8 bridgehead atoms. The SMILES string of the molecule is CC[C@H]1c2cc3[nH]c(c(CC(=O)OC)c4nc(cc5[nH]c(cc(n2)[C@@H]1C)c(C(C)=O)c5C)[C@@H](C)[C@@H]4CCC(=O)NCC(O)CO)c(C(=O)NCCCCN)c3C. The lowest BCUT2D eigenvalue weighted by molar-refractivity contribution is -0.139. The molecule has 14 nitrogen and oxygen atoms in total. The van der Waals surface area contributed by atoms with E-state index < -0.39 is 24.6 Å². The van der Waals surface area contributed by atoms with Crippen LogP contribution in [0.4, 0.5) is 0 Å². The standard InChI is InChI=1S/C42H57N7O7/c1-8-27-21(2)30-18-35-38(25(6)51)23(4)32(47-35)16-31-22(3)28(11-12-36(53)45-19-26(52)20-50)40(48-31)29(15-37(54)56-7)41-39(42(55)44-14-10-9-13-43)24(5)33(49-41)17-34(27)46-30/h16-18,21-22,26-28,47,49-50,52H,8-15,19-20,43H2,1-7H3,(H,44,55)(H,45,53)/t21-,22+,26?,27-,28+/m1/s1. The van der Waals surface area contributed by atoms with Gasteiger partial charge in [0.2, 0.25) is 5.91 Å². The minimum Gasteiger partial charge on any atom is -0.469 e. The minimum atomic E-state index is -1.09. The first-order valence-corrected chi connectivity index (χ1v) is 19.6. The molecule has 5 rings (SSSR count). The van der Waals surface area contributed by atoms with Gasteiger partial charge in [-0.1, -0.05) is 20.8 Å². The van der Waals surface area contributed by atoms with Crippen molar-refractivity contribution in [1.82, 2.24) is 30.6 Å². The second kappa shape index (κ2) is 18.4. The fraction of sp³-hybridized carbons (Fsp3) is 0.524. The van der Waals surface area contributed by atoms with Crippen molar-refractivity contribution in [3.05, 3.63) is 68.8 Å². The van der Waals surface area contributed by atoms with E-state index in [1.807, 2.05) is 39.0 Å². The molecule has 0 aliphatic carbocycles. The number of amides is 2. The molecule has 2 amide bonds. The Balaban J connectivity index is 1.89. The first kappa shape index (κ1) is 42.2. The summed E-state index contributed by atoms with van der Waals surface area (Å²) in [6.45, 7) is 11.9. The third-order valence-corrected chi connectivity index (χ3v) is 11.4. The highest BCUT2D eigenvalue weighted by molar-refractivity contribution is 6.06. The number of ether oxygens (including phenoxy) is 1. The van der Waals surface area contributed by atoms with Gasteiger partial charge in [0.05, 0.1) is 48.5 Å². The fourth-order valence-electron chi connectivity index (χ4n) is 8.08. The smallest absolute Gasteiger partial charge is 0.310 e. The number of unbranched alkanes of at least 4 members (excludes halogenated alkanes) is 1. The maximum Gasteiger partial charge on any atom is 0.310 e. The Labute approximate surface area is 327 Å². The zero-order valence-electron chi connectivity index (χ0n) is 33.6. The molecule has 5 heterocycles. The highest BCUT2D eigenvalue weighted by Gasteiger charge is 2.34. The van der Waals surface area contributed by atoms with Crippen LogP contribution in [-0.2, 0) is 20.7 Å². The van der Waals surface area contributed by atoms with E-state index >= 15 is 0 Å². The Morgan fingerprint density at radius 2 is 1.55 bits per heavy atom. The third kappa shape index (κ3) is 8.87. The fourth-order valence-corrected chi connectivity index (χ4v) is 8.08. The van der Waals surface area contributed by atoms with Gasteiger partial charge in [-0.2, -0.15) is 0 Å². The van der Waals surface area contributed by atoms with Gasteiger partial charge in [-0.05, 0) is 82.3 Å². The van der Waals surface area contributed by atoms with Gasteiger partial charge in [-0.25, -0.2) is 0 Å². The molecule has 0 saturated carbocycles. The molecule has 2 aliphatic heterocycles. The maximum atomic E-state index is 14.2. The van der Waals surface area contributed by atoms with E-state index in [9.17, 15) is 29.4 Å². The summed E-state index contributed by atoms with van der Waals surface area (Å²) in [7, 11) is 1.31. The second-order valence-electron chi connectivity index (χ2n) is 15.1. The lowest BCUT2D eigenvalue weighted by Gasteiger charge is -2.18. The number of nitrogens with two attached hydrogens (primary N) is 1. The molecule has 0 radical (unpaired) electrons. The second-order valence-corrected chi connectivity index (χ2v) is 15.1. The number of Topliss-reactive ketones (excluding diaryl/α,β-unsaturated/α-hetero) is 1.